The molecule has 0 radical (unpaired) electrons. The molecule has 2 aromatic rings. The molecule has 7 heteroatoms. The molecule has 1 aromatic heterocycles. The molecule has 0 unspecified atom stereocenters. The van der Waals surface area contributed by atoms with Crippen molar-refractivity contribution in [2.24, 2.45) is 0 Å². The summed E-state index contributed by atoms with van der Waals surface area (Å²) in [6.07, 6.45) is 0. The minimum Gasteiger partial charge on any atom is -0.466 e. The highest BCUT2D eigenvalue weighted by Gasteiger charge is 2.16. The van der Waals surface area contributed by atoms with Crippen molar-refractivity contribution >= 4 is 15.9 Å². The zero-order valence-electron chi connectivity index (χ0n) is 14.2. The third-order valence-electron chi connectivity index (χ3n) is 3.34. The molecule has 1 heterocycles. The Morgan fingerprint density at radius 1 is 1.21 bits per heavy atom. The van der Waals surface area contributed by atoms with Crippen LogP contribution in [0.15, 0.2) is 39.6 Å². The van der Waals surface area contributed by atoms with Crippen LogP contribution in [0.5, 0.6) is 0 Å². The first-order valence-corrected chi connectivity index (χ1v) is 9.14. The third-order valence-corrected chi connectivity index (χ3v) is 4.99. The Labute approximate surface area is 142 Å². The SMILES string of the molecule is Cc1cc(C(=O)NCc2cccc(S(=O)(=O)NC(C)C)c2)c(C)o1. The second kappa shape index (κ2) is 7.19. The van der Waals surface area contributed by atoms with E-state index < -0.39 is 10.0 Å². The number of aryl methyl sites for hydroxylation is 2. The molecule has 6 nitrogen and oxygen atoms in total. The van der Waals surface area contributed by atoms with E-state index in [1.807, 2.05) is 0 Å². The minimum absolute atomic E-state index is 0.179. The first-order valence-electron chi connectivity index (χ1n) is 7.65. The number of benzene rings is 1. The summed E-state index contributed by atoms with van der Waals surface area (Å²) in [6, 6.07) is 7.99. The van der Waals surface area contributed by atoms with E-state index in [1.54, 1.807) is 52.0 Å². The molecule has 1 amide bonds. The van der Waals surface area contributed by atoms with Gasteiger partial charge in [-0.3, -0.25) is 4.79 Å². The maximum Gasteiger partial charge on any atom is 0.255 e. The number of nitrogens with one attached hydrogen (secondary N) is 2. The maximum atomic E-state index is 12.2. The van der Waals surface area contributed by atoms with Crippen molar-refractivity contribution in [3.63, 3.8) is 0 Å². The molecular weight excluding hydrogens is 328 g/mol. The van der Waals surface area contributed by atoms with E-state index >= 15 is 0 Å². The van der Waals surface area contributed by atoms with Crippen molar-refractivity contribution in [3.05, 3.63) is 53.0 Å². The highest BCUT2D eigenvalue weighted by atomic mass is 32.2. The second-order valence-electron chi connectivity index (χ2n) is 5.93. The summed E-state index contributed by atoms with van der Waals surface area (Å²) in [5, 5.41) is 2.77. The lowest BCUT2D eigenvalue weighted by Crippen LogP contribution is -2.30. The van der Waals surface area contributed by atoms with Gasteiger partial charge in [-0.2, -0.15) is 0 Å². The van der Waals surface area contributed by atoms with Gasteiger partial charge in [-0.15, -0.1) is 0 Å². The molecule has 0 fully saturated rings. The maximum absolute atomic E-state index is 12.2. The van der Waals surface area contributed by atoms with Crippen molar-refractivity contribution < 1.29 is 17.6 Å². The number of sulfonamides is 1. The number of hydrogen-bond acceptors (Lipinski definition) is 4. The molecule has 1 aromatic carbocycles. The lowest BCUT2D eigenvalue weighted by molar-refractivity contribution is 0.0949. The lowest BCUT2D eigenvalue weighted by Gasteiger charge is -2.11. The Morgan fingerprint density at radius 2 is 1.92 bits per heavy atom. The Hall–Kier alpha value is -2.12. The molecule has 2 N–H and O–H groups in total. The molecule has 0 bridgehead atoms. The van der Waals surface area contributed by atoms with Crippen molar-refractivity contribution in [2.75, 3.05) is 0 Å². The zero-order valence-corrected chi connectivity index (χ0v) is 15.0. The molecule has 24 heavy (non-hydrogen) atoms. The molecule has 130 valence electrons. The van der Waals surface area contributed by atoms with Crippen molar-refractivity contribution in [1.82, 2.24) is 10.0 Å². The normalized spacial score (nSPS) is 11.7. The summed E-state index contributed by atoms with van der Waals surface area (Å²) in [6.45, 7) is 7.26. The number of rotatable bonds is 6. The van der Waals surface area contributed by atoms with Gasteiger partial charge >= 0.3 is 0 Å². The van der Waals surface area contributed by atoms with Gasteiger partial charge in [0.05, 0.1) is 10.5 Å². The van der Waals surface area contributed by atoms with Gasteiger partial charge < -0.3 is 9.73 Å². The Kier molecular flexibility index (Phi) is 5.46. The van der Waals surface area contributed by atoms with Crippen LogP contribution in [-0.2, 0) is 16.6 Å². The molecule has 0 aliphatic rings. The summed E-state index contributed by atoms with van der Waals surface area (Å²) in [5.41, 5.74) is 1.19. The van der Waals surface area contributed by atoms with Crippen LogP contribution in [0.25, 0.3) is 0 Å². The summed E-state index contributed by atoms with van der Waals surface area (Å²) in [4.78, 5) is 12.4. The Balaban J connectivity index is 2.10. The van der Waals surface area contributed by atoms with Crippen LogP contribution in [0.4, 0.5) is 0 Å². The summed E-state index contributed by atoms with van der Waals surface area (Å²) in [7, 11) is -3.55. The molecule has 0 atom stereocenters. The van der Waals surface area contributed by atoms with Crippen molar-refractivity contribution in [3.8, 4) is 0 Å². The standard InChI is InChI=1S/C17H22N2O4S/c1-11(2)19-24(21,22)15-7-5-6-14(9-15)10-18-17(20)16-8-12(3)23-13(16)4/h5-9,11,19H,10H2,1-4H3,(H,18,20). The Bertz CT molecular complexity index is 838. The van der Waals surface area contributed by atoms with Crippen LogP contribution in [0.2, 0.25) is 0 Å². The topological polar surface area (TPSA) is 88.4 Å². The Morgan fingerprint density at radius 3 is 2.50 bits per heavy atom. The van der Waals surface area contributed by atoms with Crippen LogP contribution >= 0.6 is 0 Å². The quantitative estimate of drug-likeness (QED) is 0.838. The predicted octanol–water partition coefficient (Wildman–Crippen LogP) is 2.51. The van der Waals surface area contributed by atoms with E-state index in [2.05, 4.69) is 10.0 Å². The van der Waals surface area contributed by atoms with Crippen LogP contribution < -0.4 is 10.0 Å². The fourth-order valence-corrected chi connectivity index (χ4v) is 3.66. The lowest BCUT2D eigenvalue weighted by atomic mass is 10.2. The van der Waals surface area contributed by atoms with E-state index in [0.717, 1.165) is 0 Å². The van der Waals surface area contributed by atoms with Gasteiger partial charge in [-0.05, 0) is 51.5 Å². The first-order chi connectivity index (χ1) is 11.2. The monoisotopic (exact) mass is 350 g/mol. The molecule has 0 saturated heterocycles. The minimum atomic E-state index is -3.55. The number of hydrogen-bond donors (Lipinski definition) is 2. The van der Waals surface area contributed by atoms with Gasteiger partial charge in [0.1, 0.15) is 11.5 Å². The van der Waals surface area contributed by atoms with Crippen LogP contribution in [-0.4, -0.2) is 20.4 Å². The fraction of sp³-hybridized carbons (Fsp3) is 0.353. The van der Waals surface area contributed by atoms with E-state index in [4.69, 9.17) is 4.42 Å². The molecule has 0 spiro atoms. The zero-order chi connectivity index (χ0) is 17.9. The smallest absolute Gasteiger partial charge is 0.255 e. The molecule has 0 saturated carbocycles. The van der Waals surface area contributed by atoms with Gasteiger partial charge in [0.2, 0.25) is 10.0 Å². The summed E-state index contributed by atoms with van der Waals surface area (Å²) in [5.74, 6) is 0.978. The number of furan rings is 1. The summed E-state index contributed by atoms with van der Waals surface area (Å²) < 4.78 is 32.3. The van der Waals surface area contributed by atoms with Gasteiger partial charge in [0, 0.05) is 12.6 Å². The molecular formula is C17H22N2O4S. The van der Waals surface area contributed by atoms with Gasteiger partial charge in [-0.25, -0.2) is 13.1 Å². The third kappa shape index (κ3) is 4.46. The van der Waals surface area contributed by atoms with Crippen molar-refractivity contribution in [2.45, 2.75) is 45.2 Å². The first kappa shape index (κ1) is 18.2. The van der Waals surface area contributed by atoms with Gasteiger partial charge in [0.25, 0.3) is 5.91 Å². The number of carbonyl (C=O) groups excluding carboxylic acids is 1. The molecule has 0 aliphatic heterocycles. The highest BCUT2D eigenvalue weighted by molar-refractivity contribution is 7.89. The van der Waals surface area contributed by atoms with E-state index in [0.29, 0.717) is 22.6 Å². The number of carbonyl (C=O) groups is 1. The van der Waals surface area contributed by atoms with Crippen molar-refractivity contribution in [1.29, 1.82) is 0 Å². The highest BCUT2D eigenvalue weighted by Crippen LogP contribution is 2.15. The van der Waals surface area contributed by atoms with E-state index in [9.17, 15) is 13.2 Å². The average Bonchev–Trinajstić information content (AvgIpc) is 2.82. The van der Waals surface area contributed by atoms with Crippen LogP contribution in [0.3, 0.4) is 0 Å². The van der Waals surface area contributed by atoms with E-state index in [-0.39, 0.29) is 23.4 Å². The second-order valence-corrected chi connectivity index (χ2v) is 7.65. The summed E-state index contributed by atoms with van der Waals surface area (Å²) >= 11 is 0. The van der Waals surface area contributed by atoms with E-state index in [1.165, 1.54) is 6.07 Å². The predicted molar refractivity (Wildman–Crippen MR) is 91.3 cm³/mol. The van der Waals surface area contributed by atoms with Crippen LogP contribution in [0.1, 0.15) is 41.3 Å². The van der Waals surface area contributed by atoms with Gasteiger partial charge in [-0.1, -0.05) is 12.1 Å². The molecule has 0 aliphatic carbocycles. The fourth-order valence-electron chi connectivity index (χ4n) is 2.33. The van der Waals surface area contributed by atoms with Crippen LogP contribution in [0, 0.1) is 13.8 Å². The largest absolute Gasteiger partial charge is 0.466 e. The molecule has 2 rings (SSSR count). The van der Waals surface area contributed by atoms with Gasteiger partial charge in [0.15, 0.2) is 0 Å². The average molecular weight is 350 g/mol. The number of amides is 1.